The van der Waals surface area contributed by atoms with Crippen LogP contribution >= 0.6 is 11.8 Å². The number of benzene rings is 1. The summed E-state index contributed by atoms with van der Waals surface area (Å²) in [6, 6.07) is 9.63. The highest BCUT2D eigenvalue weighted by Crippen LogP contribution is 2.34. The molecule has 1 N–H and O–H groups in total. The molecule has 2 fully saturated rings. The number of nitrogens with zero attached hydrogens (tertiary/aromatic N) is 2. The molecule has 2 amide bonds. The quantitative estimate of drug-likeness (QED) is 0.699. The summed E-state index contributed by atoms with van der Waals surface area (Å²) < 4.78 is 5.49. The smallest absolute Gasteiger partial charge is 0.410 e. The van der Waals surface area contributed by atoms with E-state index in [0.717, 1.165) is 50.0 Å². The zero-order valence-corrected chi connectivity index (χ0v) is 18.4. The summed E-state index contributed by atoms with van der Waals surface area (Å²) in [4.78, 5) is 29.3. The van der Waals surface area contributed by atoms with E-state index in [2.05, 4.69) is 23.4 Å². The number of likely N-dealkylation sites (tertiary alicyclic amines) is 1. The largest absolute Gasteiger partial charge is 0.445 e. The van der Waals surface area contributed by atoms with Gasteiger partial charge in [0.15, 0.2) is 0 Å². The molecule has 1 unspecified atom stereocenters. The van der Waals surface area contributed by atoms with E-state index in [1.54, 1.807) is 16.7 Å². The summed E-state index contributed by atoms with van der Waals surface area (Å²) in [5, 5.41) is 3.65. The molecule has 3 rings (SSSR count). The standard InChI is InChI=1S/C22H33N3O3S/c1-3-4-13-25-20(26)19(10-16-29-2)23-22(25)11-14-24(15-12-22)21(27)28-17-18-8-6-5-7-9-18/h5-9,19,23H,3-4,10-17H2,1-2H3. The van der Waals surface area contributed by atoms with Crippen LogP contribution in [0.1, 0.15) is 44.6 Å². The molecule has 0 radical (unpaired) electrons. The van der Waals surface area contributed by atoms with Gasteiger partial charge >= 0.3 is 6.09 Å². The minimum atomic E-state index is -0.314. The van der Waals surface area contributed by atoms with Crippen molar-refractivity contribution < 1.29 is 14.3 Å². The number of thioether (sulfide) groups is 1. The minimum Gasteiger partial charge on any atom is -0.445 e. The lowest BCUT2D eigenvalue weighted by atomic mass is 9.96. The van der Waals surface area contributed by atoms with Crippen molar-refractivity contribution in [3.63, 3.8) is 0 Å². The molecule has 6 nitrogen and oxygen atoms in total. The van der Waals surface area contributed by atoms with Crippen LogP contribution < -0.4 is 5.32 Å². The Labute approximate surface area is 178 Å². The van der Waals surface area contributed by atoms with Crippen LogP contribution in [0, 0.1) is 0 Å². The highest BCUT2D eigenvalue weighted by molar-refractivity contribution is 7.98. The van der Waals surface area contributed by atoms with Gasteiger partial charge in [-0.05, 0) is 30.4 Å². The third-order valence-corrected chi connectivity index (χ3v) is 6.57. The topological polar surface area (TPSA) is 61.9 Å². The van der Waals surface area contributed by atoms with Gasteiger partial charge in [0.2, 0.25) is 5.91 Å². The van der Waals surface area contributed by atoms with Gasteiger partial charge in [-0.15, -0.1) is 0 Å². The van der Waals surface area contributed by atoms with E-state index >= 15 is 0 Å². The number of piperidine rings is 1. The van der Waals surface area contributed by atoms with Crippen molar-refractivity contribution in [2.75, 3.05) is 31.6 Å². The second-order valence-electron chi connectivity index (χ2n) is 7.88. The van der Waals surface area contributed by atoms with Crippen LogP contribution in [0.4, 0.5) is 4.79 Å². The lowest BCUT2D eigenvalue weighted by Gasteiger charge is -2.44. The highest BCUT2D eigenvalue weighted by atomic mass is 32.2. The van der Waals surface area contributed by atoms with Gasteiger partial charge in [0.25, 0.3) is 0 Å². The first-order valence-electron chi connectivity index (χ1n) is 10.6. The van der Waals surface area contributed by atoms with Crippen molar-refractivity contribution >= 4 is 23.8 Å². The first-order chi connectivity index (χ1) is 14.1. The number of nitrogens with one attached hydrogen (secondary N) is 1. The van der Waals surface area contributed by atoms with Crippen molar-refractivity contribution in [2.24, 2.45) is 0 Å². The highest BCUT2D eigenvalue weighted by Gasteiger charge is 2.51. The van der Waals surface area contributed by atoms with E-state index in [4.69, 9.17) is 4.74 Å². The molecular formula is C22H33N3O3S. The molecule has 160 valence electrons. The lowest BCUT2D eigenvalue weighted by molar-refractivity contribution is -0.133. The summed E-state index contributed by atoms with van der Waals surface area (Å²) >= 11 is 1.77. The molecule has 29 heavy (non-hydrogen) atoms. The maximum absolute atomic E-state index is 13.0. The normalized spacial score (nSPS) is 21.0. The fourth-order valence-corrected chi connectivity index (χ4v) is 4.69. The SMILES string of the molecule is CCCCN1C(=O)C(CCSC)NC12CCN(C(=O)OCc1ccccc1)CC2. The van der Waals surface area contributed by atoms with Crippen molar-refractivity contribution in [3.8, 4) is 0 Å². The molecule has 2 saturated heterocycles. The number of hydrogen-bond acceptors (Lipinski definition) is 5. The summed E-state index contributed by atoms with van der Waals surface area (Å²) in [5.74, 6) is 1.20. The Morgan fingerprint density at radius 2 is 2.00 bits per heavy atom. The number of ether oxygens (including phenoxy) is 1. The van der Waals surface area contributed by atoms with Crippen LogP contribution in [0.15, 0.2) is 30.3 Å². The summed E-state index contributed by atoms with van der Waals surface area (Å²) in [5.41, 5.74) is 0.672. The molecule has 0 aliphatic carbocycles. The zero-order chi connectivity index (χ0) is 20.7. The fraction of sp³-hybridized carbons (Fsp3) is 0.636. The molecule has 1 aromatic carbocycles. The fourth-order valence-electron chi connectivity index (χ4n) is 4.22. The number of carbonyl (C=O) groups excluding carboxylic acids is 2. The molecular weight excluding hydrogens is 386 g/mol. The van der Waals surface area contributed by atoms with Gasteiger partial charge < -0.3 is 14.5 Å². The van der Waals surface area contributed by atoms with Crippen LogP contribution in [0.25, 0.3) is 0 Å². The summed E-state index contributed by atoms with van der Waals surface area (Å²) in [6.07, 6.45) is 6.22. The average molecular weight is 420 g/mol. The second kappa shape index (κ2) is 10.3. The predicted molar refractivity (Wildman–Crippen MR) is 117 cm³/mol. The van der Waals surface area contributed by atoms with Gasteiger partial charge in [-0.3, -0.25) is 10.1 Å². The number of rotatable bonds is 8. The van der Waals surface area contributed by atoms with Gasteiger partial charge in [-0.25, -0.2) is 4.79 Å². The molecule has 7 heteroatoms. The Bertz CT molecular complexity index is 677. The molecule has 2 aliphatic heterocycles. The first kappa shape index (κ1) is 22.0. The molecule has 1 atom stereocenters. The Kier molecular flexibility index (Phi) is 7.84. The Morgan fingerprint density at radius 1 is 1.28 bits per heavy atom. The Balaban J connectivity index is 1.58. The number of hydrogen-bond donors (Lipinski definition) is 1. The van der Waals surface area contributed by atoms with Gasteiger partial charge in [0, 0.05) is 32.5 Å². The molecule has 1 spiro atoms. The maximum Gasteiger partial charge on any atom is 0.410 e. The summed E-state index contributed by atoms with van der Waals surface area (Å²) in [6.45, 7) is 4.43. The molecule has 0 saturated carbocycles. The van der Waals surface area contributed by atoms with E-state index < -0.39 is 0 Å². The van der Waals surface area contributed by atoms with Crippen molar-refractivity contribution in [1.29, 1.82) is 0 Å². The van der Waals surface area contributed by atoms with Crippen LogP contribution in [-0.2, 0) is 16.1 Å². The van der Waals surface area contributed by atoms with Crippen molar-refractivity contribution in [3.05, 3.63) is 35.9 Å². The van der Waals surface area contributed by atoms with Crippen LogP contribution in [0.3, 0.4) is 0 Å². The number of unbranched alkanes of at least 4 members (excludes halogenated alkanes) is 1. The number of amides is 2. The molecule has 2 aliphatic rings. The van der Waals surface area contributed by atoms with Crippen molar-refractivity contribution in [2.45, 2.75) is 57.3 Å². The predicted octanol–water partition coefficient (Wildman–Crippen LogP) is 3.47. The van der Waals surface area contributed by atoms with E-state index in [-0.39, 0.29) is 30.3 Å². The molecule has 2 heterocycles. The minimum absolute atomic E-state index is 0.101. The lowest BCUT2D eigenvalue weighted by Crippen LogP contribution is -2.59. The van der Waals surface area contributed by atoms with Crippen molar-refractivity contribution in [1.82, 2.24) is 15.1 Å². The first-order valence-corrected chi connectivity index (χ1v) is 12.0. The zero-order valence-electron chi connectivity index (χ0n) is 17.6. The van der Waals surface area contributed by atoms with Crippen LogP contribution in [-0.4, -0.2) is 65.1 Å². The molecule has 1 aromatic rings. The second-order valence-corrected chi connectivity index (χ2v) is 8.87. The van der Waals surface area contributed by atoms with E-state index in [0.29, 0.717) is 13.1 Å². The maximum atomic E-state index is 13.0. The van der Waals surface area contributed by atoms with E-state index in [1.165, 1.54) is 0 Å². The van der Waals surface area contributed by atoms with E-state index in [1.807, 2.05) is 30.3 Å². The summed E-state index contributed by atoms with van der Waals surface area (Å²) in [7, 11) is 0. The van der Waals surface area contributed by atoms with Crippen LogP contribution in [0.5, 0.6) is 0 Å². The molecule has 0 aromatic heterocycles. The number of carbonyl (C=O) groups is 2. The van der Waals surface area contributed by atoms with Gasteiger partial charge in [0.05, 0.1) is 11.7 Å². The van der Waals surface area contributed by atoms with Gasteiger partial charge in [-0.2, -0.15) is 11.8 Å². The van der Waals surface area contributed by atoms with Gasteiger partial charge in [0.1, 0.15) is 6.61 Å². The Morgan fingerprint density at radius 3 is 2.66 bits per heavy atom. The Hall–Kier alpha value is -1.73. The monoisotopic (exact) mass is 419 g/mol. The van der Waals surface area contributed by atoms with E-state index in [9.17, 15) is 9.59 Å². The van der Waals surface area contributed by atoms with Crippen LogP contribution in [0.2, 0.25) is 0 Å². The third kappa shape index (κ3) is 5.25. The average Bonchev–Trinajstić information content (AvgIpc) is 3.00. The molecule has 0 bridgehead atoms. The third-order valence-electron chi connectivity index (χ3n) is 5.92. The van der Waals surface area contributed by atoms with Gasteiger partial charge in [-0.1, -0.05) is 43.7 Å².